The van der Waals surface area contributed by atoms with E-state index in [9.17, 15) is 9.59 Å². The predicted octanol–water partition coefficient (Wildman–Crippen LogP) is 0.127. The van der Waals surface area contributed by atoms with Crippen molar-refractivity contribution in [3.05, 3.63) is 24.8 Å². The first-order chi connectivity index (χ1) is 7.51. The zero-order valence-electron chi connectivity index (χ0n) is 8.97. The van der Waals surface area contributed by atoms with Gasteiger partial charge >= 0.3 is 11.9 Å². The SMILES string of the molecule is C=CC(=O)OOCC(CO)OC(=O)C(=C)C. The zero-order chi connectivity index (χ0) is 12.6. The standard InChI is InChI=1S/C10H14O6/c1-4-9(12)16-14-6-8(5-11)15-10(13)7(2)3/h4,8,11H,1-2,5-6H2,3H3. The second kappa shape index (κ2) is 7.61. The van der Waals surface area contributed by atoms with Crippen LogP contribution in [0.15, 0.2) is 24.8 Å². The molecule has 1 unspecified atom stereocenters. The van der Waals surface area contributed by atoms with Crippen LogP contribution in [-0.4, -0.2) is 36.4 Å². The molecule has 1 N–H and O–H groups in total. The Bertz CT molecular complexity index is 283. The summed E-state index contributed by atoms with van der Waals surface area (Å²) in [6.07, 6.45) is -0.00442. The molecule has 0 aromatic rings. The van der Waals surface area contributed by atoms with Crippen LogP contribution in [0.25, 0.3) is 0 Å². The quantitative estimate of drug-likeness (QED) is 0.290. The summed E-state index contributed by atoms with van der Waals surface area (Å²) in [6.45, 7) is 7.26. The van der Waals surface area contributed by atoms with Gasteiger partial charge in [-0.05, 0) is 6.92 Å². The van der Waals surface area contributed by atoms with E-state index in [0.29, 0.717) is 0 Å². The molecule has 0 aromatic carbocycles. The van der Waals surface area contributed by atoms with Gasteiger partial charge in [-0.15, -0.1) is 0 Å². The van der Waals surface area contributed by atoms with Crippen molar-refractivity contribution >= 4 is 11.9 Å². The molecule has 6 heteroatoms. The lowest BCUT2D eigenvalue weighted by Crippen LogP contribution is -2.27. The highest BCUT2D eigenvalue weighted by Crippen LogP contribution is 1.99. The molecule has 6 nitrogen and oxygen atoms in total. The Hall–Kier alpha value is -1.66. The van der Waals surface area contributed by atoms with Crippen LogP contribution in [-0.2, 0) is 24.1 Å². The molecule has 0 radical (unpaired) electrons. The van der Waals surface area contributed by atoms with Crippen LogP contribution in [0.5, 0.6) is 0 Å². The van der Waals surface area contributed by atoms with Crippen molar-refractivity contribution < 1.29 is 29.2 Å². The monoisotopic (exact) mass is 230 g/mol. The van der Waals surface area contributed by atoms with Crippen molar-refractivity contribution in [2.24, 2.45) is 0 Å². The number of esters is 1. The van der Waals surface area contributed by atoms with E-state index in [-0.39, 0.29) is 12.2 Å². The smallest absolute Gasteiger partial charge is 0.365 e. The average molecular weight is 230 g/mol. The lowest BCUT2D eigenvalue weighted by Gasteiger charge is -2.14. The van der Waals surface area contributed by atoms with Crippen molar-refractivity contribution in [2.75, 3.05) is 13.2 Å². The molecular formula is C10H14O6. The molecule has 0 spiro atoms. The summed E-state index contributed by atoms with van der Waals surface area (Å²) in [5.41, 5.74) is 0.196. The van der Waals surface area contributed by atoms with Crippen molar-refractivity contribution in [1.29, 1.82) is 0 Å². The number of aliphatic hydroxyl groups is 1. The van der Waals surface area contributed by atoms with Crippen molar-refractivity contribution in [1.82, 2.24) is 0 Å². The summed E-state index contributed by atoms with van der Waals surface area (Å²) in [4.78, 5) is 30.2. The van der Waals surface area contributed by atoms with Crippen LogP contribution in [0.2, 0.25) is 0 Å². The summed E-state index contributed by atoms with van der Waals surface area (Å²) in [6, 6.07) is 0. The Morgan fingerprint density at radius 3 is 2.56 bits per heavy atom. The normalized spacial score (nSPS) is 11.4. The lowest BCUT2D eigenvalue weighted by atomic mass is 10.3. The van der Waals surface area contributed by atoms with E-state index in [1.54, 1.807) is 0 Å². The van der Waals surface area contributed by atoms with Crippen molar-refractivity contribution in [3.8, 4) is 0 Å². The number of hydrogen-bond acceptors (Lipinski definition) is 6. The first-order valence-electron chi connectivity index (χ1n) is 4.44. The van der Waals surface area contributed by atoms with Crippen LogP contribution in [0.3, 0.4) is 0 Å². The molecule has 0 aliphatic heterocycles. The summed E-state index contributed by atoms with van der Waals surface area (Å²) in [5, 5.41) is 8.83. The number of rotatable bonds is 7. The minimum atomic E-state index is -0.915. The Morgan fingerprint density at radius 2 is 2.12 bits per heavy atom. The Morgan fingerprint density at radius 1 is 1.50 bits per heavy atom. The van der Waals surface area contributed by atoms with Crippen LogP contribution in [0, 0.1) is 0 Å². The highest BCUT2D eigenvalue weighted by Gasteiger charge is 2.15. The summed E-state index contributed by atoms with van der Waals surface area (Å²) < 4.78 is 4.75. The maximum absolute atomic E-state index is 11.1. The maximum Gasteiger partial charge on any atom is 0.365 e. The van der Waals surface area contributed by atoms with E-state index in [1.807, 2.05) is 0 Å². The third-order valence-electron chi connectivity index (χ3n) is 1.39. The van der Waals surface area contributed by atoms with Crippen molar-refractivity contribution in [2.45, 2.75) is 13.0 Å². The van der Waals surface area contributed by atoms with Crippen molar-refractivity contribution in [3.63, 3.8) is 0 Å². The van der Waals surface area contributed by atoms with Gasteiger partial charge in [-0.3, -0.25) is 4.89 Å². The van der Waals surface area contributed by atoms with Gasteiger partial charge in [-0.1, -0.05) is 13.2 Å². The molecule has 0 saturated carbocycles. The molecule has 0 fully saturated rings. The predicted molar refractivity (Wildman–Crippen MR) is 54.0 cm³/mol. The van der Waals surface area contributed by atoms with Gasteiger partial charge in [-0.2, -0.15) is 4.89 Å². The second-order valence-corrected chi connectivity index (χ2v) is 2.88. The molecular weight excluding hydrogens is 216 g/mol. The summed E-state index contributed by atoms with van der Waals surface area (Å²) in [7, 11) is 0. The fourth-order valence-corrected chi connectivity index (χ4v) is 0.578. The minimum absolute atomic E-state index is 0.196. The third kappa shape index (κ3) is 5.94. The van der Waals surface area contributed by atoms with Gasteiger partial charge in [0.1, 0.15) is 6.61 Å². The number of hydrogen-bond donors (Lipinski definition) is 1. The highest BCUT2D eigenvalue weighted by molar-refractivity contribution is 5.87. The van der Waals surface area contributed by atoms with E-state index >= 15 is 0 Å². The zero-order valence-corrected chi connectivity index (χ0v) is 8.97. The van der Waals surface area contributed by atoms with Gasteiger partial charge in [-0.25, -0.2) is 9.59 Å². The average Bonchev–Trinajstić information content (AvgIpc) is 2.26. The topological polar surface area (TPSA) is 82.1 Å². The van der Waals surface area contributed by atoms with Gasteiger partial charge in [0, 0.05) is 11.6 Å². The van der Waals surface area contributed by atoms with Gasteiger partial charge in [0.05, 0.1) is 6.61 Å². The molecule has 0 aliphatic carbocycles. The fraction of sp³-hybridized carbons (Fsp3) is 0.400. The third-order valence-corrected chi connectivity index (χ3v) is 1.39. The van der Waals surface area contributed by atoms with E-state index in [4.69, 9.17) is 9.84 Å². The molecule has 1 atom stereocenters. The van der Waals surface area contributed by atoms with E-state index in [2.05, 4.69) is 22.9 Å². The largest absolute Gasteiger partial charge is 0.454 e. The van der Waals surface area contributed by atoms with Gasteiger partial charge in [0.25, 0.3) is 0 Å². The second-order valence-electron chi connectivity index (χ2n) is 2.88. The molecule has 16 heavy (non-hydrogen) atoms. The van der Waals surface area contributed by atoms with E-state index in [0.717, 1.165) is 6.08 Å². The molecule has 0 bridgehead atoms. The molecule has 0 amide bonds. The lowest BCUT2D eigenvalue weighted by molar-refractivity contribution is -0.279. The fourth-order valence-electron chi connectivity index (χ4n) is 0.578. The van der Waals surface area contributed by atoms with Crippen LogP contribution in [0.4, 0.5) is 0 Å². The number of aliphatic hydroxyl groups excluding tert-OH is 1. The number of carbonyl (C=O) groups excluding carboxylic acids is 2. The Labute approximate surface area is 93.0 Å². The maximum atomic E-state index is 11.1. The molecule has 0 rings (SSSR count). The van der Waals surface area contributed by atoms with E-state index in [1.165, 1.54) is 6.92 Å². The Balaban J connectivity index is 3.92. The first-order valence-corrected chi connectivity index (χ1v) is 4.44. The van der Waals surface area contributed by atoms with Crippen LogP contribution >= 0.6 is 0 Å². The van der Waals surface area contributed by atoms with Gasteiger partial charge < -0.3 is 9.84 Å². The van der Waals surface area contributed by atoms with Gasteiger partial charge in [0.2, 0.25) is 0 Å². The Kier molecular flexibility index (Phi) is 6.82. The summed E-state index contributed by atoms with van der Waals surface area (Å²) >= 11 is 0. The first kappa shape index (κ1) is 14.3. The number of carbonyl (C=O) groups is 2. The molecule has 0 aliphatic rings. The molecule has 0 heterocycles. The highest BCUT2D eigenvalue weighted by atomic mass is 17.2. The molecule has 0 saturated heterocycles. The summed E-state index contributed by atoms with van der Waals surface area (Å²) in [5.74, 6) is -1.43. The van der Waals surface area contributed by atoms with E-state index < -0.39 is 24.6 Å². The van der Waals surface area contributed by atoms with Crippen LogP contribution in [0.1, 0.15) is 6.92 Å². The van der Waals surface area contributed by atoms with Gasteiger partial charge in [0.15, 0.2) is 6.10 Å². The van der Waals surface area contributed by atoms with Crippen LogP contribution < -0.4 is 0 Å². The minimum Gasteiger partial charge on any atom is -0.454 e. The molecule has 0 aromatic heterocycles. The number of ether oxygens (including phenoxy) is 1. The molecule has 90 valence electrons.